The number of ether oxygens (including phenoxy) is 3. The summed E-state index contributed by atoms with van der Waals surface area (Å²) < 4.78 is 22.7. The van der Waals surface area contributed by atoms with Gasteiger partial charge < -0.3 is 23.7 Å². The number of aliphatic hydroxyl groups is 1. The number of rotatable bonds is 6. The van der Waals surface area contributed by atoms with Gasteiger partial charge in [-0.15, -0.1) is 0 Å². The van der Waals surface area contributed by atoms with Crippen molar-refractivity contribution in [1.29, 1.82) is 0 Å². The third-order valence-corrected chi connectivity index (χ3v) is 5.55. The second-order valence-corrected chi connectivity index (χ2v) is 9.96. The van der Waals surface area contributed by atoms with Crippen molar-refractivity contribution in [3.8, 4) is 0 Å². The van der Waals surface area contributed by atoms with Crippen LogP contribution in [0.5, 0.6) is 0 Å². The van der Waals surface area contributed by atoms with Gasteiger partial charge in [-0.25, -0.2) is 0 Å². The molecule has 7 heteroatoms. The van der Waals surface area contributed by atoms with E-state index in [1.807, 2.05) is 0 Å². The van der Waals surface area contributed by atoms with Crippen LogP contribution in [0.1, 0.15) is 27.7 Å². The molecule has 1 aliphatic carbocycles. The number of carbonyl (C=O) groups excluding carboxylic acids is 1. The highest BCUT2D eigenvalue weighted by Crippen LogP contribution is 2.52. The predicted molar refractivity (Wildman–Crippen MR) is 83.3 cm³/mol. The number of hydrogen-bond donors (Lipinski definition) is 1. The van der Waals surface area contributed by atoms with Gasteiger partial charge in [0.2, 0.25) is 0 Å². The van der Waals surface area contributed by atoms with E-state index < -0.39 is 15.9 Å². The zero-order valence-electron chi connectivity index (χ0n) is 14.1. The normalized spacial score (nSPS) is 38.1. The quantitative estimate of drug-likeness (QED) is 0.555. The third-order valence-electron chi connectivity index (χ3n) is 4.13. The molecule has 0 aromatic heterocycles. The van der Waals surface area contributed by atoms with Crippen LogP contribution < -0.4 is 0 Å². The maximum atomic E-state index is 12.1. The average molecular weight is 332 g/mol. The SMILES string of the molecule is CCOC(=O)C1C2O[C@H](CO)[C@H](OC)[C@H](O[SiH2]C(C)(C)C)C21. The lowest BCUT2D eigenvalue weighted by molar-refractivity contribution is -0.158. The van der Waals surface area contributed by atoms with E-state index in [0.29, 0.717) is 6.61 Å². The maximum Gasteiger partial charge on any atom is 0.312 e. The van der Waals surface area contributed by atoms with E-state index in [4.69, 9.17) is 18.6 Å². The Morgan fingerprint density at radius 3 is 2.50 bits per heavy atom. The Balaban J connectivity index is 2.11. The topological polar surface area (TPSA) is 74.2 Å². The van der Waals surface area contributed by atoms with Crippen LogP contribution in [-0.2, 0) is 23.4 Å². The van der Waals surface area contributed by atoms with Gasteiger partial charge in [0.25, 0.3) is 0 Å². The molecule has 1 N–H and O–H groups in total. The van der Waals surface area contributed by atoms with Crippen molar-refractivity contribution in [1.82, 2.24) is 0 Å². The number of carbonyl (C=O) groups is 1. The van der Waals surface area contributed by atoms with Crippen molar-refractivity contribution < 1.29 is 28.5 Å². The summed E-state index contributed by atoms with van der Waals surface area (Å²) >= 11 is 0. The predicted octanol–water partition coefficient (Wildman–Crippen LogP) is 0.258. The molecule has 0 aromatic carbocycles. The molecule has 1 saturated heterocycles. The van der Waals surface area contributed by atoms with Gasteiger partial charge in [0, 0.05) is 13.0 Å². The van der Waals surface area contributed by atoms with Gasteiger partial charge in [-0.1, -0.05) is 20.8 Å². The van der Waals surface area contributed by atoms with Crippen molar-refractivity contribution >= 4 is 15.7 Å². The maximum absolute atomic E-state index is 12.1. The van der Waals surface area contributed by atoms with Gasteiger partial charge in [0.05, 0.1) is 31.3 Å². The fourth-order valence-electron chi connectivity index (χ4n) is 3.10. The van der Waals surface area contributed by atoms with Crippen molar-refractivity contribution in [3.05, 3.63) is 0 Å². The molecule has 1 saturated carbocycles. The van der Waals surface area contributed by atoms with Gasteiger partial charge in [0.15, 0.2) is 9.76 Å². The summed E-state index contributed by atoms with van der Waals surface area (Å²) in [6, 6.07) is 0. The zero-order valence-corrected chi connectivity index (χ0v) is 15.5. The first-order chi connectivity index (χ1) is 10.3. The minimum Gasteiger partial charge on any atom is -0.466 e. The van der Waals surface area contributed by atoms with Crippen LogP contribution >= 0.6 is 0 Å². The largest absolute Gasteiger partial charge is 0.466 e. The molecule has 3 unspecified atom stereocenters. The summed E-state index contributed by atoms with van der Waals surface area (Å²) in [5.41, 5.74) is 0. The molecule has 2 rings (SSSR count). The summed E-state index contributed by atoms with van der Waals surface area (Å²) in [5, 5.41) is 9.69. The Hall–Kier alpha value is -0.473. The van der Waals surface area contributed by atoms with Crippen molar-refractivity contribution in [2.45, 2.75) is 57.1 Å². The molecular weight excluding hydrogens is 304 g/mol. The number of esters is 1. The Labute approximate surface area is 134 Å². The number of fused-ring (bicyclic) bond motifs is 1. The molecular formula is C15H28O6Si. The molecule has 1 heterocycles. The molecule has 0 bridgehead atoms. The molecule has 22 heavy (non-hydrogen) atoms. The molecule has 6 nitrogen and oxygen atoms in total. The van der Waals surface area contributed by atoms with Crippen LogP contribution in [0.2, 0.25) is 5.04 Å². The highest BCUT2D eigenvalue weighted by molar-refractivity contribution is 6.31. The van der Waals surface area contributed by atoms with E-state index >= 15 is 0 Å². The summed E-state index contributed by atoms with van der Waals surface area (Å²) in [5.74, 6) is -0.563. The molecule has 0 aromatic rings. The zero-order chi connectivity index (χ0) is 16.5. The standard InChI is InChI=1S/C15H28O6Si/c1-6-19-14(17)10-9-12(10)20-8(7-16)11(18-5)13(9)21-22-15(2,3)4/h8-13,16H,6-7,22H2,1-5H3/t8-,9?,10?,11+,12?,13-/m1/s1. The molecule has 0 radical (unpaired) electrons. The third kappa shape index (κ3) is 3.71. The Bertz CT molecular complexity index is 396. The van der Waals surface area contributed by atoms with Crippen LogP contribution in [0, 0.1) is 11.8 Å². The highest BCUT2D eigenvalue weighted by Gasteiger charge is 2.67. The molecule has 128 valence electrons. The smallest absolute Gasteiger partial charge is 0.312 e. The van der Waals surface area contributed by atoms with Crippen LogP contribution in [0.25, 0.3) is 0 Å². The van der Waals surface area contributed by atoms with E-state index in [1.54, 1.807) is 14.0 Å². The lowest BCUT2D eigenvalue weighted by atomic mass is 10.0. The van der Waals surface area contributed by atoms with E-state index in [-0.39, 0.29) is 47.8 Å². The van der Waals surface area contributed by atoms with Crippen molar-refractivity contribution in [3.63, 3.8) is 0 Å². The van der Waals surface area contributed by atoms with Gasteiger partial charge in [-0.2, -0.15) is 0 Å². The molecule has 6 atom stereocenters. The minimum atomic E-state index is -0.800. The first kappa shape index (κ1) is 17.9. The van der Waals surface area contributed by atoms with E-state index in [2.05, 4.69) is 20.8 Å². The second kappa shape index (κ2) is 6.96. The van der Waals surface area contributed by atoms with Crippen LogP contribution in [0.4, 0.5) is 0 Å². The number of aliphatic hydroxyl groups excluding tert-OH is 1. The van der Waals surface area contributed by atoms with Gasteiger partial charge in [-0.3, -0.25) is 4.79 Å². The fraction of sp³-hybridized carbons (Fsp3) is 0.933. The van der Waals surface area contributed by atoms with E-state index in [1.165, 1.54) is 0 Å². The van der Waals surface area contributed by atoms with E-state index in [9.17, 15) is 9.90 Å². The number of methoxy groups -OCH3 is 1. The van der Waals surface area contributed by atoms with Gasteiger partial charge in [-0.05, 0) is 12.0 Å². The first-order valence-electron chi connectivity index (χ1n) is 7.91. The van der Waals surface area contributed by atoms with Crippen LogP contribution in [-0.4, -0.2) is 65.6 Å². The molecule has 0 amide bonds. The fourth-order valence-corrected chi connectivity index (χ4v) is 4.20. The first-order valence-corrected chi connectivity index (χ1v) is 9.19. The molecule has 2 aliphatic rings. The summed E-state index contributed by atoms with van der Waals surface area (Å²) in [6.07, 6.45) is -1.23. The van der Waals surface area contributed by atoms with Crippen LogP contribution in [0.15, 0.2) is 0 Å². The lowest BCUT2D eigenvalue weighted by Crippen LogP contribution is -2.50. The Morgan fingerprint density at radius 2 is 2.00 bits per heavy atom. The second-order valence-electron chi connectivity index (χ2n) is 7.21. The molecule has 0 spiro atoms. The Morgan fingerprint density at radius 1 is 1.32 bits per heavy atom. The lowest BCUT2D eigenvalue weighted by Gasteiger charge is -2.37. The molecule has 1 aliphatic heterocycles. The summed E-state index contributed by atoms with van der Waals surface area (Å²) in [4.78, 5) is 12.1. The minimum absolute atomic E-state index is 0.0263. The van der Waals surface area contributed by atoms with Crippen molar-refractivity contribution in [2.75, 3.05) is 20.3 Å². The number of hydrogen-bond acceptors (Lipinski definition) is 6. The van der Waals surface area contributed by atoms with Gasteiger partial charge in [0.1, 0.15) is 12.2 Å². The van der Waals surface area contributed by atoms with E-state index in [0.717, 1.165) is 0 Å². The summed E-state index contributed by atoms with van der Waals surface area (Å²) in [6.45, 7) is 8.45. The molecule has 2 fully saturated rings. The monoisotopic (exact) mass is 332 g/mol. The summed E-state index contributed by atoms with van der Waals surface area (Å²) in [7, 11) is 0.791. The Kier molecular flexibility index (Phi) is 5.66. The average Bonchev–Trinajstić information content (AvgIpc) is 3.16. The highest BCUT2D eigenvalue weighted by atomic mass is 28.2. The van der Waals surface area contributed by atoms with Gasteiger partial charge >= 0.3 is 5.97 Å². The van der Waals surface area contributed by atoms with Crippen molar-refractivity contribution in [2.24, 2.45) is 11.8 Å². The van der Waals surface area contributed by atoms with Crippen LogP contribution in [0.3, 0.4) is 0 Å².